The van der Waals surface area contributed by atoms with Gasteiger partial charge in [0.25, 0.3) is 0 Å². The zero-order chi connectivity index (χ0) is 19.7. The fourth-order valence-electron chi connectivity index (χ4n) is 3.98. The first-order valence-electron chi connectivity index (χ1n) is 10.9. The van der Waals surface area contributed by atoms with Crippen molar-refractivity contribution in [3.63, 3.8) is 0 Å². The van der Waals surface area contributed by atoms with Crippen LogP contribution in [0.15, 0.2) is 0 Å². The van der Waals surface area contributed by atoms with Crippen LogP contribution in [0.5, 0.6) is 0 Å². The normalized spacial score (nSPS) is 11.6. The van der Waals surface area contributed by atoms with Crippen LogP contribution in [0.1, 0.15) is 123 Å². The largest absolute Gasteiger partial charge is 0.481 e. The highest BCUT2D eigenvalue weighted by Gasteiger charge is 2.35. The molecule has 0 unspecified atom stereocenters. The van der Waals surface area contributed by atoms with Gasteiger partial charge in [-0.2, -0.15) is 0 Å². The van der Waals surface area contributed by atoms with E-state index in [-0.39, 0.29) is 0 Å². The third-order valence-corrected chi connectivity index (χ3v) is 5.46. The molecule has 26 heavy (non-hydrogen) atoms. The summed E-state index contributed by atoms with van der Waals surface area (Å²) in [5.74, 6) is -1.28. The number of aliphatic carboxylic acids is 2. The molecule has 0 amide bonds. The average molecular weight is 371 g/mol. The zero-order valence-electron chi connectivity index (χ0n) is 17.2. The molecule has 154 valence electrons. The second kappa shape index (κ2) is 16.1. The van der Waals surface area contributed by atoms with Gasteiger partial charge in [-0.15, -0.1) is 0 Å². The van der Waals surface area contributed by atoms with Gasteiger partial charge in [0.1, 0.15) is 0 Å². The van der Waals surface area contributed by atoms with E-state index in [9.17, 15) is 14.7 Å². The summed E-state index contributed by atoms with van der Waals surface area (Å²) in [6.07, 6.45) is 17.3. The summed E-state index contributed by atoms with van der Waals surface area (Å²) in [4.78, 5) is 22.1. The minimum atomic E-state index is -0.685. The third kappa shape index (κ3) is 12.3. The van der Waals surface area contributed by atoms with Gasteiger partial charge < -0.3 is 10.2 Å². The lowest BCUT2D eigenvalue weighted by molar-refractivity contribution is -0.150. The number of hydrogen-bond acceptors (Lipinski definition) is 2. The molecule has 0 saturated heterocycles. The van der Waals surface area contributed by atoms with E-state index in [4.69, 9.17) is 5.11 Å². The van der Waals surface area contributed by atoms with Crippen molar-refractivity contribution in [2.75, 3.05) is 0 Å². The van der Waals surface area contributed by atoms with Crippen molar-refractivity contribution < 1.29 is 19.8 Å². The van der Waals surface area contributed by atoms with Crippen LogP contribution >= 0.6 is 0 Å². The Kier molecular flexibility index (Phi) is 15.5. The van der Waals surface area contributed by atoms with Crippen molar-refractivity contribution in [1.29, 1.82) is 0 Å². The van der Waals surface area contributed by atoms with Crippen LogP contribution in [0.25, 0.3) is 0 Å². The maximum atomic E-state index is 11.7. The monoisotopic (exact) mass is 370 g/mol. The summed E-state index contributed by atoms with van der Waals surface area (Å²) in [5, 5.41) is 18.2. The van der Waals surface area contributed by atoms with Crippen LogP contribution < -0.4 is 0 Å². The van der Waals surface area contributed by atoms with Gasteiger partial charge in [-0.05, 0) is 25.7 Å². The summed E-state index contributed by atoms with van der Waals surface area (Å²) in [6.45, 7) is 4.17. The van der Waals surface area contributed by atoms with Gasteiger partial charge in [0.15, 0.2) is 0 Å². The molecule has 0 aliphatic carbocycles. The summed E-state index contributed by atoms with van der Waals surface area (Å²) in [6, 6.07) is 0. The molecule has 0 rings (SSSR count). The molecular weight excluding hydrogens is 328 g/mol. The van der Waals surface area contributed by atoms with Gasteiger partial charge in [-0.25, -0.2) is 0 Å². The Morgan fingerprint density at radius 1 is 0.615 bits per heavy atom. The van der Waals surface area contributed by atoms with E-state index >= 15 is 0 Å². The highest BCUT2D eigenvalue weighted by molar-refractivity contribution is 5.74. The number of hydrogen-bond donors (Lipinski definition) is 2. The van der Waals surface area contributed by atoms with Crippen LogP contribution in [0.2, 0.25) is 0 Å². The first kappa shape index (κ1) is 24.9. The molecule has 0 spiro atoms. The Hall–Kier alpha value is -1.06. The molecule has 0 aromatic rings. The third-order valence-electron chi connectivity index (χ3n) is 5.46. The van der Waals surface area contributed by atoms with E-state index in [1.165, 1.54) is 38.5 Å². The molecule has 0 radical (unpaired) electrons. The summed E-state index contributed by atoms with van der Waals surface area (Å²) >= 11 is 0. The number of carboxylic acid groups (broad SMARTS) is 2. The van der Waals surface area contributed by atoms with E-state index in [1.54, 1.807) is 0 Å². The van der Waals surface area contributed by atoms with Crippen LogP contribution in [-0.2, 0) is 9.59 Å². The molecule has 0 saturated carbocycles. The van der Waals surface area contributed by atoms with Gasteiger partial charge in [-0.1, -0.05) is 90.9 Å². The number of rotatable bonds is 19. The Morgan fingerprint density at radius 3 is 1.35 bits per heavy atom. The molecule has 0 bridgehead atoms. The van der Waals surface area contributed by atoms with E-state index < -0.39 is 17.4 Å². The molecule has 0 fully saturated rings. The molecule has 4 heteroatoms. The van der Waals surface area contributed by atoms with Crippen molar-refractivity contribution >= 4 is 11.9 Å². The first-order chi connectivity index (χ1) is 12.5. The van der Waals surface area contributed by atoms with Gasteiger partial charge in [-0.3, -0.25) is 9.59 Å². The van der Waals surface area contributed by atoms with Gasteiger partial charge >= 0.3 is 11.9 Å². The maximum Gasteiger partial charge on any atom is 0.309 e. The van der Waals surface area contributed by atoms with Crippen LogP contribution in [0.3, 0.4) is 0 Å². The Bertz CT molecular complexity index is 359. The lowest BCUT2D eigenvalue weighted by Crippen LogP contribution is -2.31. The highest BCUT2D eigenvalue weighted by atomic mass is 16.4. The zero-order valence-corrected chi connectivity index (χ0v) is 17.2. The molecule has 0 atom stereocenters. The lowest BCUT2D eigenvalue weighted by atomic mass is 9.75. The Balaban J connectivity index is 3.61. The fourth-order valence-corrected chi connectivity index (χ4v) is 3.98. The fraction of sp³-hybridized carbons (Fsp3) is 0.909. The number of carboxylic acids is 2. The molecule has 4 nitrogen and oxygen atoms in total. The Morgan fingerprint density at radius 2 is 1.00 bits per heavy atom. The van der Waals surface area contributed by atoms with E-state index in [0.29, 0.717) is 6.42 Å². The second-order valence-electron chi connectivity index (χ2n) is 7.87. The summed E-state index contributed by atoms with van der Waals surface area (Å²) in [7, 11) is 0. The van der Waals surface area contributed by atoms with E-state index in [2.05, 4.69) is 13.8 Å². The van der Waals surface area contributed by atoms with Crippen molar-refractivity contribution in [2.45, 2.75) is 123 Å². The quantitative estimate of drug-likeness (QED) is 0.245. The number of carbonyl (C=O) groups is 2. The first-order valence-corrected chi connectivity index (χ1v) is 10.9. The molecule has 0 aliphatic heterocycles. The van der Waals surface area contributed by atoms with Crippen molar-refractivity contribution in [3.05, 3.63) is 0 Å². The second-order valence-corrected chi connectivity index (χ2v) is 7.87. The van der Waals surface area contributed by atoms with Gasteiger partial charge in [0.05, 0.1) is 5.41 Å². The van der Waals surface area contributed by atoms with E-state index in [0.717, 1.165) is 64.2 Å². The molecular formula is C22H42O4. The summed E-state index contributed by atoms with van der Waals surface area (Å²) < 4.78 is 0. The predicted octanol–water partition coefficient (Wildman–Crippen LogP) is 6.81. The van der Waals surface area contributed by atoms with Crippen molar-refractivity contribution in [1.82, 2.24) is 0 Å². The van der Waals surface area contributed by atoms with Crippen LogP contribution in [0, 0.1) is 5.41 Å². The van der Waals surface area contributed by atoms with Crippen molar-refractivity contribution in [3.8, 4) is 0 Å². The topological polar surface area (TPSA) is 74.6 Å². The average Bonchev–Trinajstić information content (AvgIpc) is 2.58. The van der Waals surface area contributed by atoms with Crippen LogP contribution in [0.4, 0.5) is 0 Å². The van der Waals surface area contributed by atoms with Crippen LogP contribution in [-0.4, -0.2) is 22.2 Å². The SMILES string of the molecule is CCCC(CCC)(CCCCCCCCCCCCCC(=O)O)C(=O)O. The van der Waals surface area contributed by atoms with E-state index in [1.807, 2.05) is 0 Å². The Labute approximate surface area is 160 Å². The minimum Gasteiger partial charge on any atom is -0.481 e. The van der Waals surface area contributed by atoms with Gasteiger partial charge in [0, 0.05) is 6.42 Å². The highest BCUT2D eigenvalue weighted by Crippen LogP contribution is 2.36. The molecule has 0 aromatic heterocycles. The molecule has 0 heterocycles. The minimum absolute atomic E-state index is 0.305. The van der Waals surface area contributed by atoms with Gasteiger partial charge in [0.2, 0.25) is 0 Å². The maximum absolute atomic E-state index is 11.7. The molecule has 0 aromatic carbocycles. The molecule has 0 aliphatic rings. The number of unbranched alkanes of at least 4 members (excludes halogenated alkanes) is 10. The predicted molar refractivity (Wildman–Crippen MR) is 108 cm³/mol. The summed E-state index contributed by atoms with van der Waals surface area (Å²) in [5.41, 5.74) is -0.482. The lowest BCUT2D eigenvalue weighted by Gasteiger charge is -2.29. The standard InChI is InChI=1S/C22H42O4/c1-3-17-22(18-4-2,21(25)26)19-15-13-11-9-7-5-6-8-10-12-14-16-20(23)24/h3-19H2,1-2H3,(H,23,24)(H,25,26). The van der Waals surface area contributed by atoms with Crippen molar-refractivity contribution in [2.24, 2.45) is 5.41 Å². The molecule has 2 N–H and O–H groups in total. The smallest absolute Gasteiger partial charge is 0.309 e.